The zero-order chi connectivity index (χ0) is 19.9. The number of hydrogen-bond acceptors (Lipinski definition) is 7. The van der Waals surface area contributed by atoms with E-state index in [2.05, 4.69) is 5.32 Å². The van der Waals surface area contributed by atoms with Gasteiger partial charge in [-0.05, 0) is 24.3 Å². The van der Waals surface area contributed by atoms with Crippen LogP contribution < -0.4 is 20.7 Å². The van der Waals surface area contributed by atoms with Crippen molar-refractivity contribution in [1.82, 2.24) is 15.4 Å². The number of sulfonamides is 1. The van der Waals surface area contributed by atoms with Crippen molar-refractivity contribution in [2.75, 3.05) is 18.9 Å². The molecule has 12 nitrogen and oxygen atoms in total. The van der Waals surface area contributed by atoms with Crippen molar-refractivity contribution in [1.29, 1.82) is 0 Å². The number of benzene rings is 1. The van der Waals surface area contributed by atoms with Gasteiger partial charge >= 0.3 is 29.6 Å². The molecule has 0 aromatic heterocycles. The van der Waals surface area contributed by atoms with Gasteiger partial charge in [0.25, 0.3) is 10.0 Å². The van der Waals surface area contributed by atoms with E-state index in [1.165, 1.54) is 0 Å². The minimum atomic E-state index is -4.31. The summed E-state index contributed by atoms with van der Waals surface area (Å²) in [4.78, 5) is 55.1. The molecule has 0 aliphatic carbocycles. The lowest BCUT2D eigenvalue weighted by atomic mass is 10.3. The highest BCUT2D eigenvalue weighted by Gasteiger charge is 2.22. The van der Waals surface area contributed by atoms with Gasteiger partial charge in [0.1, 0.15) is 6.54 Å². The Labute approximate surface area is 147 Å². The average Bonchev–Trinajstić information content (AvgIpc) is 2.58. The molecule has 140 valence electrons. The number of rotatable bonds is 5. The SMILES string of the molecule is CNC(=O)C(=O)NS(=O)(=O)c1ccc(NC(=O)C(=O)NCC(=O)O)cc1. The molecule has 26 heavy (non-hydrogen) atoms. The molecule has 4 amide bonds. The lowest BCUT2D eigenvalue weighted by Crippen LogP contribution is -2.41. The first-order valence-electron chi connectivity index (χ1n) is 6.76. The van der Waals surface area contributed by atoms with Gasteiger partial charge in [-0.3, -0.25) is 24.0 Å². The van der Waals surface area contributed by atoms with Gasteiger partial charge in [-0.2, -0.15) is 0 Å². The number of nitrogens with one attached hydrogen (secondary N) is 4. The first kappa shape index (κ1) is 20.6. The largest absolute Gasteiger partial charge is 0.480 e. The van der Waals surface area contributed by atoms with E-state index < -0.39 is 46.2 Å². The number of carboxylic acids is 1. The van der Waals surface area contributed by atoms with Crippen LogP contribution in [-0.4, -0.2) is 56.7 Å². The molecule has 0 aliphatic heterocycles. The predicted octanol–water partition coefficient (Wildman–Crippen LogP) is -2.62. The van der Waals surface area contributed by atoms with Crippen molar-refractivity contribution in [2.24, 2.45) is 0 Å². The van der Waals surface area contributed by atoms with E-state index in [4.69, 9.17) is 5.11 Å². The summed E-state index contributed by atoms with van der Waals surface area (Å²) in [6, 6.07) is 4.29. The van der Waals surface area contributed by atoms with Crippen LogP contribution in [0.15, 0.2) is 29.2 Å². The Kier molecular flexibility index (Phi) is 6.78. The lowest BCUT2D eigenvalue weighted by molar-refractivity contribution is -0.140. The normalized spacial score (nSPS) is 10.3. The van der Waals surface area contributed by atoms with Gasteiger partial charge in [-0.15, -0.1) is 0 Å². The van der Waals surface area contributed by atoms with Crippen molar-refractivity contribution in [3.05, 3.63) is 24.3 Å². The highest BCUT2D eigenvalue weighted by Crippen LogP contribution is 2.14. The monoisotopic (exact) mass is 386 g/mol. The molecule has 0 radical (unpaired) electrons. The first-order valence-corrected chi connectivity index (χ1v) is 8.25. The standard InChI is InChI=1S/C13H14N4O8S/c1-14-10(20)13(23)17-26(24,25)8-4-2-7(3-5-8)16-12(22)11(21)15-6-9(18)19/h2-5H,6H2,1H3,(H,14,20)(H,15,21)(H,16,22)(H,17,23)(H,18,19). The average molecular weight is 386 g/mol. The Balaban J connectivity index is 2.77. The second-order valence-corrected chi connectivity index (χ2v) is 6.25. The number of likely N-dealkylation sites (N-methyl/N-ethyl adjacent to an activating group) is 1. The maximum atomic E-state index is 11.9. The molecule has 0 atom stereocenters. The molecule has 0 fully saturated rings. The fraction of sp³-hybridized carbons (Fsp3) is 0.154. The maximum Gasteiger partial charge on any atom is 0.322 e. The molecular weight excluding hydrogens is 372 g/mol. The van der Waals surface area contributed by atoms with E-state index in [-0.39, 0.29) is 10.6 Å². The number of anilines is 1. The van der Waals surface area contributed by atoms with Crippen LogP contribution in [0.1, 0.15) is 0 Å². The van der Waals surface area contributed by atoms with E-state index in [9.17, 15) is 32.4 Å². The van der Waals surface area contributed by atoms with Gasteiger partial charge < -0.3 is 21.1 Å². The van der Waals surface area contributed by atoms with Crippen LogP contribution in [0.5, 0.6) is 0 Å². The molecule has 0 heterocycles. The van der Waals surface area contributed by atoms with Crippen LogP contribution >= 0.6 is 0 Å². The highest BCUT2D eigenvalue weighted by molar-refractivity contribution is 7.90. The Morgan fingerprint density at radius 3 is 2.00 bits per heavy atom. The molecule has 0 bridgehead atoms. The number of aliphatic carboxylic acids is 1. The van der Waals surface area contributed by atoms with Crippen molar-refractivity contribution < 1.29 is 37.5 Å². The van der Waals surface area contributed by atoms with Gasteiger partial charge in [0.15, 0.2) is 0 Å². The van der Waals surface area contributed by atoms with Crippen LogP contribution in [0.4, 0.5) is 5.69 Å². The van der Waals surface area contributed by atoms with Crippen molar-refractivity contribution >= 4 is 45.3 Å². The first-order chi connectivity index (χ1) is 12.1. The molecule has 0 unspecified atom stereocenters. The molecule has 0 saturated carbocycles. The van der Waals surface area contributed by atoms with E-state index in [1.807, 2.05) is 10.6 Å². The van der Waals surface area contributed by atoms with Crippen LogP contribution in [0.2, 0.25) is 0 Å². The second kappa shape index (κ2) is 8.57. The molecule has 5 N–H and O–H groups in total. The number of hydrogen-bond donors (Lipinski definition) is 5. The summed E-state index contributed by atoms with van der Waals surface area (Å²) in [7, 11) is -3.16. The van der Waals surface area contributed by atoms with Crippen molar-refractivity contribution in [3.63, 3.8) is 0 Å². The third-order valence-electron chi connectivity index (χ3n) is 2.69. The fourth-order valence-corrected chi connectivity index (χ4v) is 2.43. The van der Waals surface area contributed by atoms with E-state index in [0.29, 0.717) is 0 Å². The smallest absolute Gasteiger partial charge is 0.322 e. The Bertz CT molecular complexity index is 847. The van der Waals surface area contributed by atoms with E-state index >= 15 is 0 Å². The molecule has 0 aliphatic rings. The minimum Gasteiger partial charge on any atom is -0.480 e. The summed E-state index contributed by atoms with van der Waals surface area (Å²) in [5.74, 6) is -6.21. The molecule has 1 aromatic carbocycles. The summed E-state index contributed by atoms with van der Waals surface area (Å²) in [6.45, 7) is -0.742. The Hall–Kier alpha value is -3.48. The highest BCUT2D eigenvalue weighted by atomic mass is 32.2. The van der Waals surface area contributed by atoms with Crippen LogP contribution in [0.25, 0.3) is 0 Å². The molecule has 0 spiro atoms. The number of carbonyl (C=O) groups excluding carboxylic acids is 4. The van der Waals surface area contributed by atoms with E-state index in [0.717, 1.165) is 31.3 Å². The van der Waals surface area contributed by atoms with Crippen LogP contribution in [0, 0.1) is 0 Å². The summed E-state index contributed by atoms with van der Waals surface area (Å²) < 4.78 is 25.4. The maximum absolute atomic E-state index is 11.9. The van der Waals surface area contributed by atoms with Crippen LogP contribution in [0.3, 0.4) is 0 Å². The molecule has 0 saturated heterocycles. The van der Waals surface area contributed by atoms with Crippen LogP contribution in [-0.2, 0) is 34.0 Å². The summed E-state index contributed by atoms with van der Waals surface area (Å²) in [5, 5.41) is 14.3. The van der Waals surface area contributed by atoms with E-state index in [1.54, 1.807) is 4.72 Å². The number of amides is 4. The number of carboxylic acid groups (broad SMARTS) is 1. The Morgan fingerprint density at radius 1 is 0.923 bits per heavy atom. The van der Waals surface area contributed by atoms with Gasteiger partial charge in [0, 0.05) is 12.7 Å². The lowest BCUT2D eigenvalue weighted by Gasteiger charge is -2.08. The number of carbonyl (C=O) groups is 5. The summed E-state index contributed by atoms with van der Waals surface area (Å²) >= 11 is 0. The Morgan fingerprint density at radius 2 is 1.50 bits per heavy atom. The third-order valence-corrected chi connectivity index (χ3v) is 4.04. The zero-order valence-electron chi connectivity index (χ0n) is 13.2. The summed E-state index contributed by atoms with van der Waals surface area (Å²) in [6.07, 6.45) is 0. The second-order valence-electron chi connectivity index (χ2n) is 4.57. The molecular formula is C13H14N4O8S. The van der Waals surface area contributed by atoms with Crippen molar-refractivity contribution in [2.45, 2.75) is 4.90 Å². The zero-order valence-corrected chi connectivity index (χ0v) is 14.0. The molecule has 1 aromatic rings. The molecule has 13 heteroatoms. The quantitative estimate of drug-likeness (QED) is 0.340. The topological polar surface area (TPSA) is 188 Å². The van der Waals surface area contributed by atoms with Gasteiger partial charge in [-0.25, -0.2) is 13.1 Å². The fourth-order valence-electron chi connectivity index (χ4n) is 1.48. The van der Waals surface area contributed by atoms with Gasteiger partial charge in [-0.1, -0.05) is 0 Å². The van der Waals surface area contributed by atoms with Gasteiger partial charge in [0.2, 0.25) is 0 Å². The van der Waals surface area contributed by atoms with Gasteiger partial charge in [0.05, 0.1) is 4.90 Å². The van der Waals surface area contributed by atoms with Crippen molar-refractivity contribution in [3.8, 4) is 0 Å². The minimum absolute atomic E-state index is 0.0389. The third kappa shape index (κ3) is 5.86. The predicted molar refractivity (Wildman–Crippen MR) is 85.1 cm³/mol. The summed E-state index contributed by atoms with van der Waals surface area (Å²) in [5.41, 5.74) is 0.0389. The molecule has 1 rings (SSSR count).